The molecule has 0 radical (unpaired) electrons. The van der Waals surface area contributed by atoms with E-state index in [0.717, 1.165) is 10.2 Å². The molecule has 112 valence electrons. The Hall–Kier alpha value is -1.60. The van der Waals surface area contributed by atoms with E-state index >= 15 is 0 Å². The van der Waals surface area contributed by atoms with Crippen LogP contribution in [0.2, 0.25) is 0 Å². The largest absolute Gasteiger partial charge is 0.496 e. The summed E-state index contributed by atoms with van der Waals surface area (Å²) >= 11 is 4.68. The molecule has 2 aromatic rings. The van der Waals surface area contributed by atoms with Crippen molar-refractivity contribution >= 4 is 33.2 Å². The maximum Gasteiger partial charge on any atom is 0.261 e. The Balaban J connectivity index is 1.98. The van der Waals surface area contributed by atoms with Gasteiger partial charge in [-0.25, -0.2) is 0 Å². The number of pyridine rings is 1. The van der Waals surface area contributed by atoms with Crippen molar-refractivity contribution in [2.45, 2.75) is 13.5 Å². The molecule has 1 N–H and O–H groups in total. The van der Waals surface area contributed by atoms with Gasteiger partial charge in [-0.15, -0.1) is 11.3 Å². The first-order valence-electron chi connectivity index (χ1n) is 6.29. The number of aromatic nitrogens is 1. The van der Waals surface area contributed by atoms with E-state index in [-0.39, 0.29) is 11.5 Å². The first kappa shape index (κ1) is 15.8. The molecule has 21 heavy (non-hydrogen) atoms. The van der Waals surface area contributed by atoms with Crippen LogP contribution in [0.5, 0.6) is 5.75 Å². The molecule has 0 bridgehead atoms. The van der Waals surface area contributed by atoms with Crippen molar-refractivity contribution in [3.8, 4) is 5.75 Å². The van der Waals surface area contributed by atoms with Gasteiger partial charge in [-0.1, -0.05) is 0 Å². The number of methoxy groups -OCH3 is 1. The number of rotatable bonds is 5. The maximum atomic E-state index is 11.9. The van der Waals surface area contributed by atoms with Gasteiger partial charge < -0.3 is 14.6 Å². The van der Waals surface area contributed by atoms with Gasteiger partial charge in [0.1, 0.15) is 5.75 Å². The summed E-state index contributed by atoms with van der Waals surface area (Å²) in [5.41, 5.74) is 0.660. The van der Waals surface area contributed by atoms with Crippen LogP contribution in [0.15, 0.2) is 32.8 Å². The number of nitrogens with one attached hydrogen (secondary N) is 1. The Bertz CT molecular complexity index is 708. The molecule has 0 aromatic carbocycles. The maximum absolute atomic E-state index is 11.9. The van der Waals surface area contributed by atoms with Gasteiger partial charge >= 0.3 is 0 Å². The zero-order chi connectivity index (χ0) is 15.4. The molecule has 0 saturated carbocycles. The number of ether oxygens (including phenoxy) is 1. The van der Waals surface area contributed by atoms with Gasteiger partial charge in [-0.3, -0.25) is 9.59 Å². The van der Waals surface area contributed by atoms with Crippen molar-refractivity contribution < 1.29 is 9.53 Å². The molecule has 7 heteroatoms. The summed E-state index contributed by atoms with van der Waals surface area (Å²) < 4.78 is 7.54. The van der Waals surface area contributed by atoms with E-state index < -0.39 is 0 Å². The van der Waals surface area contributed by atoms with E-state index in [9.17, 15) is 9.59 Å². The van der Waals surface area contributed by atoms with Crippen LogP contribution in [0.4, 0.5) is 0 Å². The van der Waals surface area contributed by atoms with Crippen molar-refractivity contribution in [1.82, 2.24) is 9.88 Å². The second-order valence-electron chi connectivity index (χ2n) is 4.41. The summed E-state index contributed by atoms with van der Waals surface area (Å²) in [5, 5.41) is 4.66. The van der Waals surface area contributed by atoms with Crippen LogP contribution in [0, 0.1) is 6.92 Å². The molecule has 0 saturated heterocycles. The predicted molar refractivity (Wildman–Crippen MR) is 86.3 cm³/mol. The summed E-state index contributed by atoms with van der Waals surface area (Å²) in [6, 6.07) is 5.00. The van der Waals surface area contributed by atoms with Crippen LogP contribution < -0.4 is 15.6 Å². The van der Waals surface area contributed by atoms with Crippen molar-refractivity contribution in [2.75, 3.05) is 13.7 Å². The lowest BCUT2D eigenvalue weighted by Gasteiger charge is -2.11. The lowest BCUT2D eigenvalue weighted by Crippen LogP contribution is -2.31. The molecule has 0 aliphatic rings. The number of hydrogen-bond acceptors (Lipinski definition) is 4. The molecule has 0 aliphatic heterocycles. The zero-order valence-corrected chi connectivity index (χ0v) is 14.1. The fourth-order valence-corrected chi connectivity index (χ4v) is 3.25. The highest BCUT2D eigenvalue weighted by Crippen LogP contribution is 2.19. The highest BCUT2D eigenvalue weighted by molar-refractivity contribution is 9.10. The van der Waals surface area contributed by atoms with E-state index in [1.165, 1.54) is 24.5 Å². The Labute approximate surface area is 134 Å². The first-order chi connectivity index (χ1) is 10.0. The van der Waals surface area contributed by atoms with Gasteiger partial charge in [0.25, 0.3) is 11.5 Å². The topological polar surface area (TPSA) is 60.3 Å². The Morgan fingerprint density at radius 1 is 1.43 bits per heavy atom. The molecule has 2 heterocycles. The van der Waals surface area contributed by atoms with Crippen molar-refractivity contribution in [3.05, 3.63) is 49.0 Å². The third kappa shape index (κ3) is 3.95. The highest BCUT2D eigenvalue weighted by atomic mass is 79.9. The van der Waals surface area contributed by atoms with Crippen LogP contribution in [-0.2, 0) is 6.54 Å². The van der Waals surface area contributed by atoms with Crippen LogP contribution >= 0.6 is 27.3 Å². The predicted octanol–water partition coefficient (Wildman–Crippen LogP) is 2.42. The van der Waals surface area contributed by atoms with Crippen molar-refractivity contribution in [2.24, 2.45) is 0 Å². The molecule has 2 aromatic heterocycles. The summed E-state index contributed by atoms with van der Waals surface area (Å²) in [7, 11) is 1.53. The Morgan fingerprint density at radius 3 is 2.76 bits per heavy atom. The average Bonchev–Trinajstić information content (AvgIpc) is 2.88. The number of aryl methyl sites for hydroxylation is 1. The van der Waals surface area contributed by atoms with Crippen LogP contribution in [0.1, 0.15) is 15.4 Å². The van der Waals surface area contributed by atoms with Gasteiger partial charge in [0.05, 0.1) is 12.0 Å². The smallest absolute Gasteiger partial charge is 0.261 e. The lowest BCUT2D eigenvalue weighted by molar-refractivity contribution is 0.0956. The number of hydrogen-bond donors (Lipinski definition) is 1. The van der Waals surface area contributed by atoms with Gasteiger partial charge in [0, 0.05) is 34.7 Å². The second kappa shape index (κ2) is 6.91. The Kier molecular flexibility index (Phi) is 5.19. The average molecular weight is 371 g/mol. The lowest BCUT2D eigenvalue weighted by atomic mass is 10.3. The minimum Gasteiger partial charge on any atom is -0.496 e. The fourth-order valence-electron chi connectivity index (χ4n) is 1.90. The molecule has 1 amide bonds. The van der Waals surface area contributed by atoms with Gasteiger partial charge in [0.2, 0.25) is 0 Å². The van der Waals surface area contributed by atoms with Crippen LogP contribution in [0.25, 0.3) is 0 Å². The minimum atomic E-state index is -0.139. The monoisotopic (exact) mass is 370 g/mol. The van der Waals surface area contributed by atoms with Crippen LogP contribution in [-0.4, -0.2) is 24.1 Å². The zero-order valence-electron chi connectivity index (χ0n) is 11.7. The molecule has 0 atom stereocenters. The van der Waals surface area contributed by atoms with E-state index in [1.807, 2.05) is 12.3 Å². The Morgan fingerprint density at radius 2 is 2.19 bits per heavy atom. The number of nitrogens with zero attached hydrogens (tertiary/aromatic N) is 1. The molecule has 0 spiro atoms. The fraction of sp³-hybridized carbons (Fsp3) is 0.286. The van der Waals surface area contributed by atoms with Gasteiger partial charge in [0.15, 0.2) is 0 Å². The van der Waals surface area contributed by atoms with E-state index in [4.69, 9.17) is 4.74 Å². The molecular formula is C14H15BrN2O3S. The molecular weight excluding hydrogens is 356 g/mol. The van der Waals surface area contributed by atoms with E-state index in [2.05, 4.69) is 21.2 Å². The second-order valence-corrected chi connectivity index (χ2v) is 6.24. The molecule has 0 unspecified atom stereocenters. The van der Waals surface area contributed by atoms with Gasteiger partial charge in [-0.2, -0.15) is 0 Å². The standard InChI is InChI=1S/C14H15BrN2O3S/c1-9-5-11(20-2)7-13(18)17(9)4-3-16-14(19)12-6-10(15)8-21-12/h5-8H,3-4H2,1-2H3,(H,16,19). The highest BCUT2D eigenvalue weighted by Gasteiger charge is 2.08. The summed E-state index contributed by atoms with van der Waals surface area (Å²) in [6.07, 6.45) is 0. The number of thiophene rings is 1. The van der Waals surface area contributed by atoms with Crippen LogP contribution in [0.3, 0.4) is 0 Å². The third-order valence-electron chi connectivity index (χ3n) is 2.96. The van der Waals surface area contributed by atoms with Crippen molar-refractivity contribution in [3.63, 3.8) is 0 Å². The summed E-state index contributed by atoms with van der Waals surface area (Å²) in [5.74, 6) is 0.408. The molecule has 2 rings (SSSR count). The van der Waals surface area contributed by atoms with Crippen molar-refractivity contribution in [1.29, 1.82) is 0 Å². The number of halogens is 1. The van der Waals surface area contributed by atoms with Gasteiger partial charge in [-0.05, 0) is 35.0 Å². The molecule has 0 fully saturated rings. The van der Waals surface area contributed by atoms with E-state index in [1.54, 1.807) is 16.7 Å². The molecule has 0 aliphatic carbocycles. The van der Waals surface area contributed by atoms with E-state index in [0.29, 0.717) is 23.7 Å². The SMILES string of the molecule is COc1cc(C)n(CCNC(=O)c2cc(Br)cs2)c(=O)c1. The normalized spacial score (nSPS) is 10.4. The number of carbonyl (C=O) groups excluding carboxylic acids is 1. The third-order valence-corrected chi connectivity index (χ3v) is 4.65. The summed E-state index contributed by atoms with van der Waals surface area (Å²) in [4.78, 5) is 24.5. The quantitative estimate of drug-likeness (QED) is 0.878. The minimum absolute atomic E-state index is 0.134. The first-order valence-corrected chi connectivity index (χ1v) is 7.96. The summed E-state index contributed by atoms with van der Waals surface area (Å²) in [6.45, 7) is 2.65. The number of amides is 1. The number of carbonyl (C=O) groups is 1. The molecule has 5 nitrogen and oxygen atoms in total.